The maximum atomic E-state index is 6.07. The van der Waals surface area contributed by atoms with Gasteiger partial charge in [0.1, 0.15) is 0 Å². The molecule has 6 aromatic carbocycles. The fourth-order valence-corrected chi connectivity index (χ4v) is 7.79. The first kappa shape index (κ1) is 31.9. The zero-order valence-electron chi connectivity index (χ0n) is 29.4. The third kappa shape index (κ3) is 6.05. The minimum absolute atomic E-state index is 0.0979. The Balaban J connectivity index is 1.24. The number of rotatable bonds is 5. The molecule has 0 atom stereocenters. The summed E-state index contributed by atoms with van der Waals surface area (Å²) in [4.78, 5) is 0. The van der Waals surface area contributed by atoms with E-state index in [1.165, 1.54) is 59.1 Å². The molecule has 0 amide bonds. The molecule has 0 aliphatic heterocycles. The van der Waals surface area contributed by atoms with Crippen LogP contribution in [0.2, 0.25) is 0 Å². The lowest BCUT2D eigenvalue weighted by Gasteiger charge is -2.19. The second-order valence-electron chi connectivity index (χ2n) is 15.2. The number of benzene rings is 6. The summed E-state index contributed by atoms with van der Waals surface area (Å²) in [5.41, 5.74) is 12.0. The average Bonchev–Trinajstić information content (AvgIpc) is 3.77. The number of aromatic nitrogens is 2. The SMILES string of the molecule is CC(C)(C)c1ccc(-c2ccc3sc4c(-c5ccc(-c6nnc(-c7ccccc7)o6)cc5)cc(-c5ccc(C(C)(C)C)cc5)cc4c3c2)cc1. The molecule has 0 saturated carbocycles. The lowest BCUT2D eigenvalue weighted by molar-refractivity contribution is 0.584. The maximum absolute atomic E-state index is 6.07. The number of nitrogens with zero attached hydrogens (tertiary/aromatic N) is 2. The molecule has 0 fully saturated rings. The van der Waals surface area contributed by atoms with Gasteiger partial charge in [0.25, 0.3) is 0 Å². The van der Waals surface area contributed by atoms with Crippen molar-refractivity contribution in [2.45, 2.75) is 52.4 Å². The second-order valence-corrected chi connectivity index (χ2v) is 16.3. The van der Waals surface area contributed by atoms with Gasteiger partial charge < -0.3 is 4.42 Å². The van der Waals surface area contributed by atoms with Crippen LogP contribution in [0.5, 0.6) is 0 Å². The molecular formula is C46H40N2OS. The van der Waals surface area contributed by atoms with Gasteiger partial charge in [-0.25, -0.2) is 0 Å². The van der Waals surface area contributed by atoms with E-state index in [4.69, 9.17) is 4.42 Å². The summed E-state index contributed by atoms with van der Waals surface area (Å²) in [5.74, 6) is 1.03. The largest absolute Gasteiger partial charge is 0.416 e. The molecule has 0 spiro atoms. The van der Waals surface area contributed by atoms with Crippen molar-refractivity contribution in [2.24, 2.45) is 0 Å². The quantitative estimate of drug-likeness (QED) is 0.183. The van der Waals surface area contributed by atoms with Gasteiger partial charge in [-0.15, -0.1) is 21.5 Å². The Morgan fingerprint density at radius 2 is 0.920 bits per heavy atom. The van der Waals surface area contributed by atoms with Crippen molar-refractivity contribution in [1.82, 2.24) is 10.2 Å². The third-order valence-electron chi connectivity index (χ3n) is 9.63. The smallest absolute Gasteiger partial charge is 0.248 e. The van der Waals surface area contributed by atoms with Gasteiger partial charge in [-0.3, -0.25) is 0 Å². The first-order valence-corrected chi connectivity index (χ1v) is 18.0. The Morgan fingerprint density at radius 1 is 0.440 bits per heavy atom. The van der Waals surface area contributed by atoms with Gasteiger partial charge >= 0.3 is 0 Å². The van der Waals surface area contributed by atoms with Crippen LogP contribution in [0.1, 0.15) is 52.7 Å². The minimum atomic E-state index is 0.0979. The summed E-state index contributed by atoms with van der Waals surface area (Å²) in [6, 6.07) is 48.2. The molecule has 0 saturated heterocycles. The van der Waals surface area contributed by atoms with Gasteiger partial charge in [0.2, 0.25) is 11.8 Å². The molecule has 2 aromatic heterocycles. The number of fused-ring (bicyclic) bond motifs is 3. The van der Waals surface area contributed by atoms with Crippen molar-refractivity contribution in [3.05, 3.63) is 145 Å². The molecule has 4 heteroatoms. The molecule has 0 aliphatic carbocycles. The van der Waals surface area contributed by atoms with Crippen molar-refractivity contribution in [1.29, 1.82) is 0 Å². The second kappa shape index (κ2) is 12.2. The average molecular weight is 669 g/mol. The molecule has 50 heavy (non-hydrogen) atoms. The van der Waals surface area contributed by atoms with E-state index < -0.39 is 0 Å². The zero-order valence-corrected chi connectivity index (χ0v) is 30.2. The van der Waals surface area contributed by atoms with Crippen LogP contribution in [0, 0.1) is 0 Å². The molecule has 0 bridgehead atoms. The van der Waals surface area contributed by atoms with Gasteiger partial charge in [0.15, 0.2) is 0 Å². The molecule has 0 aliphatic rings. The van der Waals surface area contributed by atoms with Crippen molar-refractivity contribution in [3.8, 4) is 56.3 Å². The van der Waals surface area contributed by atoms with E-state index >= 15 is 0 Å². The van der Waals surface area contributed by atoms with E-state index in [2.05, 4.69) is 155 Å². The summed E-state index contributed by atoms with van der Waals surface area (Å²) in [6.07, 6.45) is 0. The highest BCUT2D eigenvalue weighted by Crippen LogP contribution is 2.44. The van der Waals surface area contributed by atoms with Crippen LogP contribution >= 0.6 is 11.3 Å². The molecule has 0 unspecified atom stereocenters. The van der Waals surface area contributed by atoms with E-state index in [1.807, 2.05) is 41.7 Å². The van der Waals surface area contributed by atoms with Crippen molar-refractivity contribution >= 4 is 31.5 Å². The Hall–Kier alpha value is -5.32. The van der Waals surface area contributed by atoms with E-state index in [-0.39, 0.29) is 10.8 Å². The summed E-state index contributed by atoms with van der Waals surface area (Å²) in [6.45, 7) is 13.6. The molecule has 0 radical (unpaired) electrons. The van der Waals surface area contributed by atoms with Crippen LogP contribution in [0.15, 0.2) is 138 Å². The fraction of sp³-hybridized carbons (Fsp3) is 0.174. The zero-order chi connectivity index (χ0) is 34.6. The summed E-state index contributed by atoms with van der Waals surface area (Å²) >= 11 is 1.86. The number of thiophene rings is 1. The Labute approximate surface area is 298 Å². The van der Waals surface area contributed by atoms with E-state index in [0.29, 0.717) is 11.8 Å². The van der Waals surface area contributed by atoms with Crippen molar-refractivity contribution in [3.63, 3.8) is 0 Å². The van der Waals surface area contributed by atoms with E-state index in [9.17, 15) is 0 Å². The number of hydrogen-bond donors (Lipinski definition) is 0. The first-order chi connectivity index (χ1) is 24.0. The minimum Gasteiger partial charge on any atom is -0.416 e. The Kier molecular flexibility index (Phi) is 7.80. The van der Waals surface area contributed by atoms with Crippen LogP contribution in [-0.2, 0) is 10.8 Å². The fourth-order valence-electron chi connectivity index (χ4n) is 6.59. The molecule has 246 valence electrons. The van der Waals surface area contributed by atoms with Gasteiger partial charge in [-0.05, 0) is 98.3 Å². The first-order valence-electron chi connectivity index (χ1n) is 17.2. The lowest BCUT2D eigenvalue weighted by atomic mass is 9.86. The Bertz CT molecular complexity index is 2460. The van der Waals surface area contributed by atoms with Crippen LogP contribution < -0.4 is 0 Å². The van der Waals surface area contributed by atoms with E-state index in [0.717, 1.165) is 16.7 Å². The van der Waals surface area contributed by atoms with Crippen LogP contribution in [0.3, 0.4) is 0 Å². The summed E-state index contributed by atoms with van der Waals surface area (Å²) < 4.78 is 8.64. The van der Waals surface area contributed by atoms with Crippen LogP contribution in [0.4, 0.5) is 0 Å². The van der Waals surface area contributed by atoms with Crippen LogP contribution in [-0.4, -0.2) is 10.2 Å². The number of hydrogen-bond acceptors (Lipinski definition) is 4. The third-order valence-corrected chi connectivity index (χ3v) is 10.8. The van der Waals surface area contributed by atoms with Gasteiger partial charge in [-0.1, -0.05) is 126 Å². The maximum Gasteiger partial charge on any atom is 0.248 e. The summed E-state index contributed by atoms with van der Waals surface area (Å²) in [5, 5.41) is 11.2. The van der Waals surface area contributed by atoms with Gasteiger partial charge in [-0.2, -0.15) is 0 Å². The molecule has 3 nitrogen and oxygen atoms in total. The predicted octanol–water partition coefficient (Wildman–Crippen LogP) is 13.4. The molecule has 8 aromatic rings. The molecule has 2 heterocycles. The van der Waals surface area contributed by atoms with E-state index in [1.54, 1.807) is 0 Å². The molecular weight excluding hydrogens is 629 g/mol. The molecule has 0 N–H and O–H groups in total. The van der Waals surface area contributed by atoms with Gasteiger partial charge in [0.05, 0.1) is 0 Å². The highest BCUT2D eigenvalue weighted by Gasteiger charge is 2.18. The highest BCUT2D eigenvalue weighted by atomic mass is 32.1. The Morgan fingerprint density at radius 3 is 1.50 bits per heavy atom. The molecule has 8 rings (SSSR count). The monoisotopic (exact) mass is 668 g/mol. The standard InChI is InChI=1S/C46H40N2OS/c1-45(2,3)36-21-16-29(17-22-36)34-20-25-41-39(26-34)40-28-35(30-18-23-37(24-19-30)46(4,5)6)27-38(42(40)50-41)31-12-14-33(15-13-31)44-48-47-43(49-44)32-10-8-7-9-11-32/h7-28H,1-6H3. The highest BCUT2D eigenvalue weighted by molar-refractivity contribution is 7.26. The van der Waals surface area contributed by atoms with Gasteiger partial charge in [0, 0.05) is 36.9 Å². The predicted molar refractivity (Wildman–Crippen MR) is 212 cm³/mol. The van der Waals surface area contributed by atoms with Crippen molar-refractivity contribution in [2.75, 3.05) is 0 Å². The topological polar surface area (TPSA) is 38.9 Å². The lowest BCUT2D eigenvalue weighted by Crippen LogP contribution is -2.10. The normalized spacial score (nSPS) is 12.2. The van der Waals surface area contributed by atoms with Crippen LogP contribution in [0.25, 0.3) is 76.5 Å². The summed E-state index contributed by atoms with van der Waals surface area (Å²) in [7, 11) is 0. The van der Waals surface area contributed by atoms with Crippen molar-refractivity contribution < 1.29 is 4.42 Å².